The monoisotopic (exact) mass is 746 g/mol. The molecule has 0 bridgehead atoms. The highest BCUT2D eigenvalue weighted by Crippen LogP contribution is 2.63. The summed E-state index contributed by atoms with van der Waals surface area (Å²) in [6.07, 6.45) is 0. The molecule has 6 nitrogen and oxygen atoms in total. The van der Waals surface area contributed by atoms with Gasteiger partial charge in [-0.2, -0.15) is 0 Å². The van der Waals surface area contributed by atoms with Crippen LogP contribution < -0.4 is 9.80 Å². The van der Waals surface area contributed by atoms with E-state index in [0.29, 0.717) is 0 Å². The second-order valence-corrected chi connectivity index (χ2v) is 18.3. The quantitative estimate of drug-likeness (QED) is 0.180. The maximum absolute atomic E-state index is 5.36. The fourth-order valence-electron chi connectivity index (χ4n) is 10.3. The summed E-state index contributed by atoms with van der Waals surface area (Å²) in [5.74, 6) is 3.82. The maximum atomic E-state index is 5.36. The van der Waals surface area contributed by atoms with Crippen LogP contribution in [-0.2, 0) is 5.41 Å². The van der Waals surface area contributed by atoms with Crippen molar-refractivity contribution in [2.24, 2.45) is 9.98 Å². The minimum absolute atomic E-state index is 0.233. The van der Waals surface area contributed by atoms with Crippen LogP contribution in [-0.4, -0.2) is 43.8 Å². The zero-order chi connectivity index (χ0) is 39.9. The van der Waals surface area contributed by atoms with Gasteiger partial charge in [0.1, 0.15) is 23.3 Å². The Labute approximate surface area is 337 Å². The SMILES string of the molecule is CC1=NC(C)(C)C(C)(C)N1c1cccc(-c2ccc3c(c2)C2(c4ccccc4-c4ccccc42)c2cc(-c4cccc(N5C(C)=NC(C)(C)C5(C)C)n4)ccc2-3)n1. The second-order valence-electron chi connectivity index (χ2n) is 18.3. The van der Waals surface area contributed by atoms with Gasteiger partial charge in [0.2, 0.25) is 0 Å². The minimum atomic E-state index is -0.520. The molecule has 0 saturated heterocycles. The first kappa shape index (κ1) is 35.5. The molecule has 284 valence electrons. The molecule has 0 amide bonds. The van der Waals surface area contributed by atoms with E-state index in [9.17, 15) is 0 Å². The van der Waals surface area contributed by atoms with Crippen molar-refractivity contribution in [3.63, 3.8) is 0 Å². The van der Waals surface area contributed by atoms with Crippen LogP contribution in [0.4, 0.5) is 11.6 Å². The number of hydrogen-bond acceptors (Lipinski definition) is 6. The minimum Gasteiger partial charge on any atom is -0.307 e. The first-order valence-electron chi connectivity index (χ1n) is 20.2. The van der Waals surface area contributed by atoms with Crippen molar-refractivity contribution in [1.29, 1.82) is 0 Å². The molecular weight excluding hydrogens is 697 g/mol. The Morgan fingerprint density at radius 3 is 1.18 bits per heavy atom. The summed E-state index contributed by atoms with van der Waals surface area (Å²) in [6.45, 7) is 22.1. The van der Waals surface area contributed by atoms with Crippen LogP contribution in [0.25, 0.3) is 44.8 Å². The van der Waals surface area contributed by atoms with Gasteiger partial charge in [-0.1, -0.05) is 84.9 Å². The number of fused-ring (bicyclic) bond motifs is 10. The van der Waals surface area contributed by atoms with Crippen LogP contribution in [0.15, 0.2) is 131 Å². The Morgan fingerprint density at radius 2 is 0.789 bits per heavy atom. The van der Waals surface area contributed by atoms with Crippen LogP contribution in [0.2, 0.25) is 0 Å². The molecule has 0 N–H and O–H groups in total. The lowest BCUT2D eigenvalue weighted by Gasteiger charge is -2.40. The average molecular weight is 747 g/mol. The summed E-state index contributed by atoms with van der Waals surface area (Å²) in [5, 5.41) is 0. The van der Waals surface area contributed by atoms with E-state index in [0.717, 1.165) is 45.8 Å². The van der Waals surface area contributed by atoms with Crippen molar-refractivity contribution < 1.29 is 0 Å². The Hall–Kier alpha value is -5.88. The van der Waals surface area contributed by atoms with E-state index in [-0.39, 0.29) is 22.2 Å². The standard InChI is InChI=1S/C51H50N6/c1-31-54-47(3,4)49(7,8)56(31)45-23-15-21-43(52-45)33-25-27-37-38-28-26-34(44-22-16-24-46(53-44)57-32(2)55-48(5,6)50(57,9)10)30-42(38)51(41(37)29-33)39-19-13-11-17-35(39)36-18-12-14-20-40(36)51/h11-30H,1-10H3. The molecule has 6 heteroatoms. The van der Waals surface area contributed by atoms with E-state index in [1.54, 1.807) is 0 Å². The summed E-state index contributed by atoms with van der Waals surface area (Å²) in [5.41, 5.74) is 12.9. The van der Waals surface area contributed by atoms with E-state index >= 15 is 0 Å². The Kier molecular flexibility index (Phi) is 7.23. The van der Waals surface area contributed by atoms with Crippen molar-refractivity contribution in [3.8, 4) is 44.8 Å². The van der Waals surface area contributed by atoms with Crippen molar-refractivity contribution in [1.82, 2.24) is 9.97 Å². The van der Waals surface area contributed by atoms with Gasteiger partial charge in [0, 0.05) is 11.1 Å². The first-order valence-corrected chi connectivity index (χ1v) is 20.2. The zero-order valence-electron chi connectivity index (χ0n) is 34.7. The van der Waals surface area contributed by atoms with Gasteiger partial charge in [-0.3, -0.25) is 9.98 Å². The molecule has 2 aromatic heterocycles. The van der Waals surface area contributed by atoms with Gasteiger partial charge in [0.05, 0.1) is 39.0 Å². The number of rotatable bonds is 4. The lowest BCUT2D eigenvalue weighted by molar-refractivity contribution is 0.337. The van der Waals surface area contributed by atoms with Crippen molar-refractivity contribution in [2.75, 3.05) is 9.80 Å². The van der Waals surface area contributed by atoms with Crippen molar-refractivity contribution in [3.05, 3.63) is 144 Å². The molecule has 0 radical (unpaired) electrons. The fraction of sp³-hybridized carbons (Fsp3) is 0.294. The average Bonchev–Trinajstić information content (AvgIpc) is 3.75. The lowest BCUT2D eigenvalue weighted by atomic mass is 9.70. The number of amidine groups is 2. The molecule has 4 heterocycles. The summed E-state index contributed by atoms with van der Waals surface area (Å²) in [4.78, 5) is 25.4. The van der Waals surface area contributed by atoms with Gasteiger partial charge < -0.3 is 9.80 Å². The van der Waals surface area contributed by atoms with Crippen LogP contribution in [0, 0.1) is 0 Å². The Bertz CT molecular complexity index is 2560. The van der Waals surface area contributed by atoms with Gasteiger partial charge >= 0.3 is 0 Å². The number of benzene rings is 4. The second kappa shape index (κ2) is 11.6. The third kappa shape index (κ3) is 4.64. The molecule has 2 aliphatic heterocycles. The van der Waals surface area contributed by atoms with Gasteiger partial charge in [0.15, 0.2) is 0 Å². The molecule has 2 aliphatic carbocycles. The van der Waals surface area contributed by atoms with Crippen molar-refractivity contribution >= 4 is 23.3 Å². The largest absolute Gasteiger partial charge is 0.307 e. The van der Waals surface area contributed by atoms with Crippen LogP contribution in [0.1, 0.15) is 91.5 Å². The topological polar surface area (TPSA) is 57.0 Å². The molecule has 0 saturated carbocycles. The number of anilines is 2. The third-order valence-corrected chi connectivity index (χ3v) is 14.3. The lowest BCUT2D eigenvalue weighted by Crippen LogP contribution is -2.53. The zero-order valence-corrected chi connectivity index (χ0v) is 34.7. The van der Waals surface area contributed by atoms with Crippen LogP contribution in [0.5, 0.6) is 0 Å². The highest BCUT2D eigenvalue weighted by atomic mass is 15.4. The maximum Gasteiger partial charge on any atom is 0.135 e. The normalized spacial score (nSPS) is 19.5. The third-order valence-electron chi connectivity index (χ3n) is 14.3. The highest BCUT2D eigenvalue weighted by Gasteiger charge is 2.53. The molecule has 4 aromatic carbocycles. The molecule has 0 unspecified atom stereocenters. The van der Waals surface area contributed by atoms with E-state index in [2.05, 4.69) is 200 Å². The van der Waals surface area contributed by atoms with Crippen molar-refractivity contribution in [2.45, 2.75) is 96.8 Å². The number of pyridine rings is 2. The van der Waals surface area contributed by atoms with E-state index < -0.39 is 5.41 Å². The first-order chi connectivity index (χ1) is 27.1. The number of nitrogens with zero attached hydrogens (tertiary/aromatic N) is 6. The smallest absolute Gasteiger partial charge is 0.135 e. The summed E-state index contributed by atoms with van der Waals surface area (Å²) < 4.78 is 0. The molecular formula is C51H50N6. The predicted molar refractivity (Wildman–Crippen MR) is 237 cm³/mol. The van der Waals surface area contributed by atoms with Gasteiger partial charge in [0.25, 0.3) is 0 Å². The van der Waals surface area contributed by atoms with Gasteiger partial charge in [-0.05, 0) is 150 Å². The predicted octanol–water partition coefficient (Wildman–Crippen LogP) is 11.7. The molecule has 1 spiro atoms. The molecule has 4 aliphatic rings. The Balaban J connectivity index is 1.15. The molecule has 57 heavy (non-hydrogen) atoms. The van der Waals surface area contributed by atoms with Crippen LogP contribution in [0.3, 0.4) is 0 Å². The summed E-state index contributed by atoms with van der Waals surface area (Å²) in [6, 6.07) is 44.7. The molecule has 0 fully saturated rings. The van der Waals surface area contributed by atoms with Gasteiger partial charge in [-0.25, -0.2) is 9.97 Å². The van der Waals surface area contributed by atoms with E-state index in [4.69, 9.17) is 20.0 Å². The molecule has 10 rings (SSSR count). The van der Waals surface area contributed by atoms with E-state index in [1.807, 2.05) is 0 Å². The Morgan fingerprint density at radius 1 is 0.404 bits per heavy atom. The molecule has 6 aromatic rings. The number of aromatic nitrogens is 2. The molecule has 0 atom stereocenters. The van der Waals surface area contributed by atoms with E-state index in [1.165, 1.54) is 44.5 Å². The highest BCUT2D eigenvalue weighted by molar-refractivity contribution is 6.01. The van der Waals surface area contributed by atoms with Gasteiger partial charge in [-0.15, -0.1) is 0 Å². The summed E-state index contributed by atoms with van der Waals surface area (Å²) in [7, 11) is 0. The number of hydrogen-bond donors (Lipinski definition) is 0. The summed E-state index contributed by atoms with van der Waals surface area (Å²) >= 11 is 0. The number of aliphatic imine (C=N–C) groups is 2. The van der Waals surface area contributed by atoms with Crippen LogP contribution >= 0.6 is 0 Å². The fourth-order valence-corrected chi connectivity index (χ4v) is 10.3.